The summed E-state index contributed by atoms with van der Waals surface area (Å²) in [6.45, 7) is 4.79. The van der Waals surface area contributed by atoms with Crippen molar-refractivity contribution in [3.8, 4) is 17.1 Å². The van der Waals surface area contributed by atoms with Crippen LogP contribution in [0.2, 0.25) is 0 Å². The molecule has 0 spiro atoms. The Morgan fingerprint density at radius 1 is 1.14 bits per heavy atom. The fraction of sp³-hybridized carbons (Fsp3) is 0.318. The monoisotopic (exact) mass is 409 g/mol. The summed E-state index contributed by atoms with van der Waals surface area (Å²) >= 11 is 1.30. The number of benzene rings is 1. The summed E-state index contributed by atoms with van der Waals surface area (Å²) in [4.78, 5) is 17.7. The lowest BCUT2D eigenvalue weighted by molar-refractivity contribution is 0.305. The van der Waals surface area contributed by atoms with Crippen LogP contribution in [-0.2, 0) is 0 Å². The van der Waals surface area contributed by atoms with Gasteiger partial charge in [-0.2, -0.15) is 9.50 Å². The van der Waals surface area contributed by atoms with Crippen molar-refractivity contribution in [3.63, 3.8) is 0 Å². The molecule has 0 amide bonds. The van der Waals surface area contributed by atoms with Gasteiger partial charge in [-0.25, -0.2) is 0 Å². The predicted octanol–water partition coefficient (Wildman–Crippen LogP) is 4.23. The van der Waals surface area contributed by atoms with E-state index in [0.29, 0.717) is 21.1 Å². The van der Waals surface area contributed by atoms with E-state index in [4.69, 9.17) is 9.15 Å². The lowest BCUT2D eigenvalue weighted by Crippen LogP contribution is -2.23. The van der Waals surface area contributed by atoms with Gasteiger partial charge in [0, 0.05) is 11.6 Å². The Hall–Kier alpha value is -2.93. The van der Waals surface area contributed by atoms with E-state index in [2.05, 4.69) is 17.0 Å². The van der Waals surface area contributed by atoms with Crippen LogP contribution >= 0.6 is 11.3 Å². The van der Waals surface area contributed by atoms with Gasteiger partial charge in [0.05, 0.1) is 6.61 Å². The van der Waals surface area contributed by atoms with Crippen LogP contribution in [-0.4, -0.2) is 21.2 Å². The number of ether oxygens (including phenoxy) is 1. The molecule has 0 aliphatic rings. The molecular weight excluding hydrogens is 386 g/mol. The zero-order valence-corrected chi connectivity index (χ0v) is 17.4. The second kappa shape index (κ2) is 8.61. The molecule has 3 aromatic heterocycles. The smallest absolute Gasteiger partial charge is 0.291 e. The molecule has 150 valence electrons. The average Bonchev–Trinajstić information content (AvgIpc) is 3.40. The molecule has 0 radical (unpaired) electrons. The van der Waals surface area contributed by atoms with E-state index in [-0.39, 0.29) is 5.56 Å². The summed E-state index contributed by atoms with van der Waals surface area (Å²) in [6.07, 6.45) is 6.45. The molecule has 4 aromatic rings. The maximum absolute atomic E-state index is 12.6. The molecule has 0 saturated heterocycles. The number of aromatic nitrogens is 3. The number of hydrogen-bond acceptors (Lipinski definition) is 6. The van der Waals surface area contributed by atoms with Gasteiger partial charge in [0.25, 0.3) is 5.56 Å². The Morgan fingerprint density at radius 2 is 1.97 bits per heavy atom. The highest BCUT2D eigenvalue weighted by molar-refractivity contribution is 7.15. The fourth-order valence-corrected chi connectivity index (χ4v) is 3.92. The fourth-order valence-electron chi connectivity index (χ4n) is 3.04. The minimum absolute atomic E-state index is 0.190. The van der Waals surface area contributed by atoms with Crippen molar-refractivity contribution in [1.29, 1.82) is 0 Å². The van der Waals surface area contributed by atoms with E-state index in [0.717, 1.165) is 30.1 Å². The van der Waals surface area contributed by atoms with Crippen molar-refractivity contribution >= 4 is 22.4 Å². The third-order valence-corrected chi connectivity index (χ3v) is 5.55. The molecule has 0 aliphatic heterocycles. The lowest BCUT2D eigenvalue weighted by atomic mass is 10.2. The molecule has 6 nitrogen and oxygen atoms in total. The van der Waals surface area contributed by atoms with Crippen LogP contribution in [0.5, 0.6) is 5.75 Å². The van der Waals surface area contributed by atoms with Crippen molar-refractivity contribution in [1.82, 2.24) is 14.6 Å². The van der Waals surface area contributed by atoms with E-state index in [1.807, 2.05) is 43.3 Å². The molecule has 4 rings (SSSR count). The molecule has 7 heteroatoms. The molecule has 0 atom stereocenters. The van der Waals surface area contributed by atoms with Gasteiger partial charge in [0.15, 0.2) is 5.82 Å². The highest BCUT2D eigenvalue weighted by Crippen LogP contribution is 2.21. The molecule has 0 bridgehead atoms. The quantitative estimate of drug-likeness (QED) is 0.408. The topological polar surface area (TPSA) is 69.6 Å². The second-order valence-corrected chi connectivity index (χ2v) is 7.94. The Labute approximate surface area is 172 Å². The van der Waals surface area contributed by atoms with Crippen LogP contribution in [0.1, 0.15) is 44.1 Å². The summed E-state index contributed by atoms with van der Waals surface area (Å²) in [5.41, 5.74) is 0.663. The van der Waals surface area contributed by atoms with E-state index < -0.39 is 0 Å². The molecule has 1 aromatic carbocycles. The average molecular weight is 410 g/mol. The zero-order valence-electron chi connectivity index (χ0n) is 16.6. The molecule has 0 saturated carbocycles. The van der Waals surface area contributed by atoms with Gasteiger partial charge in [-0.3, -0.25) is 4.79 Å². The third kappa shape index (κ3) is 4.40. The van der Waals surface area contributed by atoms with E-state index in [1.54, 1.807) is 6.08 Å². The highest BCUT2D eigenvalue weighted by Gasteiger charge is 2.12. The number of aryl methyl sites for hydroxylation is 1. The minimum atomic E-state index is -0.190. The van der Waals surface area contributed by atoms with Crippen molar-refractivity contribution in [2.24, 2.45) is 0 Å². The number of fused-ring (bicyclic) bond motifs is 1. The number of furan rings is 1. The molecule has 0 aliphatic carbocycles. The molecule has 0 fully saturated rings. The lowest BCUT2D eigenvalue weighted by Gasteiger charge is -2.06. The first kappa shape index (κ1) is 19.4. The van der Waals surface area contributed by atoms with Gasteiger partial charge >= 0.3 is 0 Å². The van der Waals surface area contributed by atoms with Gasteiger partial charge in [-0.1, -0.05) is 37.5 Å². The van der Waals surface area contributed by atoms with Crippen LogP contribution in [0, 0.1) is 6.92 Å². The number of hydrogen-bond donors (Lipinski definition) is 0. The van der Waals surface area contributed by atoms with Crippen LogP contribution < -0.4 is 14.8 Å². The van der Waals surface area contributed by atoms with E-state index in [9.17, 15) is 4.79 Å². The van der Waals surface area contributed by atoms with Gasteiger partial charge < -0.3 is 9.15 Å². The van der Waals surface area contributed by atoms with Gasteiger partial charge in [0.2, 0.25) is 4.96 Å². The minimum Gasteiger partial charge on any atom is -0.494 e. The van der Waals surface area contributed by atoms with Crippen LogP contribution in [0.4, 0.5) is 0 Å². The van der Waals surface area contributed by atoms with E-state index >= 15 is 0 Å². The largest absolute Gasteiger partial charge is 0.494 e. The Bertz CT molecular complexity index is 1200. The number of nitrogens with zero attached hydrogens (tertiary/aromatic N) is 3. The molecule has 3 heterocycles. The normalized spacial score (nSPS) is 12.1. The molecule has 0 unspecified atom stereocenters. The van der Waals surface area contributed by atoms with Gasteiger partial charge in [-0.15, -0.1) is 5.10 Å². The SMILES string of the molecule is CCCCCCOc1ccc(-c2nc3sc(=Cc4ccc(C)o4)c(=O)n3n2)cc1. The highest BCUT2D eigenvalue weighted by atomic mass is 32.1. The summed E-state index contributed by atoms with van der Waals surface area (Å²) < 4.78 is 13.2. The maximum Gasteiger partial charge on any atom is 0.291 e. The van der Waals surface area contributed by atoms with E-state index in [1.165, 1.54) is 35.1 Å². The third-order valence-electron chi connectivity index (χ3n) is 4.60. The summed E-state index contributed by atoms with van der Waals surface area (Å²) in [5.74, 6) is 2.82. The van der Waals surface area contributed by atoms with Gasteiger partial charge in [-0.05, 0) is 49.7 Å². The Balaban J connectivity index is 1.50. The number of rotatable bonds is 8. The molecule has 0 N–H and O–H groups in total. The first-order chi connectivity index (χ1) is 14.1. The van der Waals surface area contributed by atoms with Crippen molar-refractivity contribution in [2.75, 3.05) is 6.61 Å². The van der Waals surface area contributed by atoms with Crippen molar-refractivity contribution in [3.05, 3.63) is 62.8 Å². The standard InChI is InChI=1S/C22H23N3O3S/c1-3-4-5-6-13-27-17-11-8-16(9-12-17)20-23-22-25(24-20)21(26)19(29-22)14-18-10-7-15(2)28-18/h7-12,14H,3-6,13H2,1-2H3. The first-order valence-corrected chi connectivity index (χ1v) is 10.7. The summed E-state index contributed by atoms with van der Waals surface area (Å²) in [5, 5.41) is 4.39. The molecular formula is C22H23N3O3S. The molecule has 29 heavy (non-hydrogen) atoms. The zero-order chi connectivity index (χ0) is 20.2. The second-order valence-electron chi connectivity index (χ2n) is 6.93. The van der Waals surface area contributed by atoms with Crippen LogP contribution in [0.15, 0.2) is 45.6 Å². The Morgan fingerprint density at radius 3 is 2.66 bits per heavy atom. The predicted molar refractivity (Wildman–Crippen MR) is 114 cm³/mol. The first-order valence-electron chi connectivity index (χ1n) is 9.85. The summed E-state index contributed by atoms with van der Waals surface area (Å²) in [6, 6.07) is 11.4. The van der Waals surface area contributed by atoms with Gasteiger partial charge in [0.1, 0.15) is 21.8 Å². The van der Waals surface area contributed by atoms with Crippen LogP contribution in [0.25, 0.3) is 22.4 Å². The van der Waals surface area contributed by atoms with Crippen molar-refractivity contribution < 1.29 is 9.15 Å². The summed E-state index contributed by atoms with van der Waals surface area (Å²) in [7, 11) is 0. The van der Waals surface area contributed by atoms with Crippen LogP contribution in [0.3, 0.4) is 0 Å². The van der Waals surface area contributed by atoms with Crippen molar-refractivity contribution in [2.45, 2.75) is 39.5 Å². The maximum atomic E-state index is 12.6. The number of unbranched alkanes of at least 4 members (excludes halogenated alkanes) is 3. The number of thiazole rings is 1. The Kier molecular flexibility index (Phi) is 5.76.